The largest absolute Gasteiger partial charge is 0.496 e. The van der Waals surface area contributed by atoms with Gasteiger partial charge >= 0.3 is 0 Å². The van der Waals surface area contributed by atoms with Gasteiger partial charge in [0.25, 0.3) is 0 Å². The molecule has 0 aliphatic rings. The van der Waals surface area contributed by atoms with Crippen molar-refractivity contribution in [1.82, 2.24) is 0 Å². The van der Waals surface area contributed by atoms with Crippen molar-refractivity contribution in [2.24, 2.45) is 0 Å². The molecule has 0 saturated heterocycles. The molecule has 2 aromatic rings. The zero-order valence-corrected chi connectivity index (χ0v) is 13.6. The third kappa shape index (κ3) is 4.03. The van der Waals surface area contributed by atoms with E-state index in [0.717, 1.165) is 16.9 Å². The summed E-state index contributed by atoms with van der Waals surface area (Å²) in [5.74, 6) is 1.21. The Balaban J connectivity index is 2.41. The van der Waals surface area contributed by atoms with E-state index in [1.54, 1.807) is 14.2 Å². The summed E-state index contributed by atoms with van der Waals surface area (Å²) in [5.41, 5.74) is 1.67. The first-order valence-corrected chi connectivity index (χ1v) is 7.77. The van der Waals surface area contributed by atoms with Crippen LogP contribution in [0.25, 0.3) is 0 Å². The van der Waals surface area contributed by atoms with Crippen LogP contribution in [-0.2, 0) is 0 Å². The number of rotatable bonds is 8. The Morgan fingerprint density at radius 2 is 1.39 bits per heavy atom. The summed E-state index contributed by atoms with van der Waals surface area (Å²) in [6.45, 7) is 0.0876. The van der Waals surface area contributed by atoms with Crippen molar-refractivity contribution in [3.63, 3.8) is 0 Å². The summed E-state index contributed by atoms with van der Waals surface area (Å²) in [6, 6.07) is 15.1. The molecule has 2 N–H and O–H groups in total. The fraction of sp³-hybridized carbons (Fsp3) is 0.368. The highest BCUT2D eigenvalue weighted by Gasteiger charge is 2.27. The number of ether oxygens (including phenoxy) is 2. The zero-order valence-electron chi connectivity index (χ0n) is 13.6. The van der Waals surface area contributed by atoms with E-state index in [2.05, 4.69) is 0 Å². The Kier molecular flexibility index (Phi) is 6.44. The maximum Gasteiger partial charge on any atom is 0.124 e. The van der Waals surface area contributed by atoms with Crippen LogP contribution in [0.2, 0.25) is 0 Å². The maximum atomic E-state index is 11.0. The topological polar surface area (TPSA) is 58.9 Å². The molecule has 0 radical (unpaired) electrons. The summed E-state index contributed by atoms with van der Waals surface area (Å²) in [5, 5.41) is 20.2. The molecular weight excluding hydrogens is 292 g/mol. The highest BCUT2D eigenvalue weighted by atomic mass is 16.5. The van der Waals surface area contributed by atoms with Crippen LogP contribution in [0.3, 0.4) is 0 Å². The first kappa shape index (κ1) is 17.3. The van der Waals surface area contributed by atoms with Gasteiger partial charge in [-0.3, -0.25) is 0 Å². The lowest BCUT2D eigenvalue weighted by Gasteiger charge is -2.26. The van der Waals surface area contributed by atoms with E-state index in [4.69, 9.17) is 9.47 Å². The van der Waals surface area contributed by atoms with Crippen LogP contribution in [0.5, 0.6) is 11.5 Å². The molecule has 0 aliphatic carbocycles. The van der Waals surface area contributed by atoms with E-state index in [9.17, 15) is 10.2 Å². The van der Waals surface area contributed by atoms with Crippen LogP contribution < -0.4 is 9.47 Å². The number of hydrogen-bond donors (Lipinski definition) is 2. The highest BCUT2D eigenvalue weighted by Crippen LogP contribution is 2.41. The Morgan fingerprint density at radius 3 is 1.96 bits per heavy atom. The average molecular weight is 316 g/mol. The standard InChI is InChI=1S/C19H24O4/c1-22-17-11-5-3-8-14(17)15(10-7-13-20)19(21)16-9-4-6-12-18(16)23-2/h3-6,8-9,11-12,15,19-21H,7,10,13H2,1-2H3/t15-,19-/m1/s1. The summed E-state index contributed by atoms with van der Waals surface area (Å²) in [7, 11) is 3.22. The van der Waals surface area contributed by atoms with Crippen LogP contribution in [0, 0.1) is 0 Å². The number of hydrogen-bond acceptors (Lipinski definition) is 4. The molecule has 2 aromatic carbocycles. The van der Waals surface area contributed by atoms with E-state index in [0.29, 0.717) is 18.6 Å². The van der Waals surface area contributed by atoms with Crippen LogP contribution >= 0.6 is 0 Å². The minimum Gasteiger partial charge on any atom is -0.496 e. The highest BCUT2D eigenvalue weighted by molar-refractivity contribution is 5.41. The van der Waals surface area contributed by atoms with Crippen LogP contribution in [0.4, 0.5) is 0 Å². The fourth-order valence-electron chi connectivity index (χ4n) is 2.89. The van der Waals surface area contributed by atoms with Gasteiger partial charge in [-0.05, 0) is 25.0 Å². The Morgan fingerprint density at radius 1 is 0.870 bits per heavy atom. The fourth-order valence-corrected chi connectivity index (χ4v) is 2.89. The lowest BCUT2D eigenvalue weighted by molar-refractivity contribution is 0.130. The van der Waals surface area contributed by atoms with Crippen LogP contribution in [0.1, 0.15) is 36.0 Å². The third-order valence-electron chi connectivity index (χ3n) is 4.05. The summed E-state index contributed by atoms with van der Waals surface area (Å²) in [6.07, 6.45) is 0.513. The minimum absolute atomic E-state index is 0.0876. The van der Waals surface area contributed by atoms with Gasteiger partial charge in [0, 0.05) is 23.7 Å². The molecular formula is C19H24O4. The first-order valence-electron chi connectivity index (χ1n) is 7.77. The van der Waals surface area contributed by atoms with E-state index < -0.39 is 6.10 Å². The molecule has 124 valence electrons. The molecule has 2 atom stereocenters. The molecule has 0 heterocycles. The lowest BCUT2D eigenvalue weighted by atomic mass is 9.85. The summed E-state index contributed by atoms with van der Waals surface area (Å²) < 4.78 is 10.8. The first-order chi connectivity index (χ1) is 11.2. The maximum absolute atomic E-state index is 11.0. The van der Waals surface area contributed by atoms with Crippen molar-refractivity contribution in [3.05, 3.63) is 59.7 Å². The Bertz CT molecular complexity index is 612. The van der Waals surface area contributed by atoms with Crippen molar-refractivity contribution in [3.8, 4) is 11.5 Å². The number of aliphatic hydroxyl groups excluding tert-OH is 2. The molecule has 0 spiro atoms. The Labute approximate surface area is 137 Å². The summed E-state index contributed by atoms with van der Waals surface area (Å²) in [4.78, 5) is 0. The van der Waals surface area contributed by atoms with Gasteiger partial charge in [-0.1, -0.05) is 36.4 Å². The SMILES string of the molecule is COc1ccccc1[C@@H](CCCO)[C@@H](O)c1ccccc1OC. The smallest absolute Gasteiger partial charge is 0.124 e. The van der Waals surface area contributed by atoms with Gasteiger partial charge in [-0.15, -0.1) is 0 Å². The van der Waals surface area contributed by atoms with E-state index in [1.165, 1.54) is 0 Å². The average Bonchev–Trinajstić information content (AvgIpc) is 2.62. The quantitative estimate of drug-likeness (QED) is 0.784. The van der Waals surface area contributed by atoms with Crippen molar-refractivity contribution in [1.29, 1.82) is 0 Å². The van der Waals surface area contributed by atoms with E-state index in [1.807, 2.05) is 48.5 Å². The van der Waals surface area contributed by atoms with Crippen molar-refractivity contribution >= 4 is 0 Å². The van der Waals surface area contributed by atoms with E-state index in [-0.39, 0.29) is 12.5 Å². The molecule has 2 rings (SSSR count). The lowest BCUT2D eigenvalue weighted by Crippen LogP contribution is -2.14. The molecule has 0 saturated carbocycles. The Hall–Kier alpha value is -2.04. The molecule has 4 nitrogen and oxygen atoms in total. The van der Waals surface area contributed by atoms with Gasteiger partial charge in [0.15, 0.2) is 0 Å². The van der Waals surface area contributed by atoms with E-state index >= 15 is 0 Å². The van der Waals surface area contributed by atoms with Crippen LogP contribution in [0.15, 0.2) is 48.5 Å². The zero-order chi connectivity index (χ0) is 16.7. The van der Waals surface area contributed by atoms with Gasteiger partial charge in [0.2, 0.25) is 0 Å². The second-order valence-corrected chi connectivity index (χ2v) is 5.40. The molecule has 0 amide bonds. The van der Waals surface area contributed by atoms with Gasteiger partial charge in [0.05, 0.1) is 20.3 Å². The third-order valence-corrected chi connectivity index (χ3v) is 4.05. The molecule has 0 aromatic heterocycles. The van der Waals surface area contributed by atoms with Gasteiger partial charge in [0.1, 0.15) is 11.5 Å². The van der Waals surface area contributed by atoms with Gasteiger partial charge in [-0.2, -0.15) is 0 Å². The minimum atomic E-state index is -0.742. The number of benzene rings is 2. The summed E-state index contributed by atoms with van der Waals surface area (Å²) >= 11 is 0. The van der Waals surface area contributed by atoms with Crippen molar-refractivity contribution in [2.75, 3.05) is 20.8 Å². The molecule has 0 fully saturated rings. The monoisotopic (exact) mass is 316 g/mol. The number of aliphatic hydroxyl groups is 2. The van der Waals surface area contributed by atoms with Crippen molar-refractivity contribution < 1.29 is 19.7 Å². The molecule has 23 heavy (non-hydrogen) atoms. The van der Waals surface area contributed by atoms with Gasteiger partial charge < -0.3 is 19.7 Å². The number of methoxy groups -OCH3 is 2. The normalized spacial score (nSPS) is 13.4. The number of para-hydroxylation sites is 2. The predicted octanol–water partition coefficient (Wildman–Crippen LogP) is 3.29. The second kappa shape index (κ2) is 8.56. The predicted molar refractivity (Wildman–Crippen MR) is 90.0 cm³/mol. The molecule has 0 unspecified atom stereocenters. The van der Waals surface area contributed by atoms with Gasteiger partial charge in [-0.25, -0.2) is 0 Å². The molecule has 4 heteroatoms. The second-order valence-electron chi connectivity index (χ2n) is 5.40. The van der Waals surface area contributed by atoms with Crippen molar-refractivity contribution in [2.45, 2.75) is 24.9 Å². The van der Waals surface area contributed by atoms with Crippen LogP contribution in [-0.4, -0.2) is 31.0 Å². The molecule has 0 aliphatic heterocycles. The molecule has 0 bridgehead atoms.